The summed E-state index contributed by atoms with van der Waals surface area (Å²) >= 11 is 0. The average molecular weight is 1180 g/mol. The fourth-order valence-corrected chi connectivity index (χ4v) is 8.37. The number of nitrogens with one attached hydrogen (secondary N) is 2. The van der Waals surface area contributed by atoms with Gasteiger partial charge >= 0.3 is 17.9 Å². The number of hydrogen-bond donors (Lipinski definition) is 5. The highest BCUT2D eigenvalue weighted by Crippen LogP contribution is 2.29. The number of aromatic hydroxyl groups is 2. The molecule has 0 aliphatic rings. The molecule has 0 saturated carbocycles. The minimum Gasteiger partial charge on any atom is -0.493 e. The Labute approximate surface area is 475 Å². The van der Waals surface area contributed by atoms with Crippen LogP contribution in [0.5, 0.6) is 11.8 Å². The summed E-state index contributed by atoms with van der Waals surface area (Å²) in [6, 6.07) is 15.0. The van der Waals surface area contributed by atoms with E-state index < -0.39 is 60.8 Å². The molecule has 0 aliphatic carbocycles. The van der Waals surface area contributed by atoms with Gasteiger partial charge in [0.1, 0.15) is 29.9 Å². The van der Waals surface area contributed by atoms with E-state index in [1.54, 1.807) is 0 Å². The number of aromatic nitrogens is 2. The van der Waals surface area contributed by atoms with Gasteiger partial charge in [-0.3, -0.25) is 18.7 Å². The summed E-state index contributed by atoms with van der Waals surface area (Å²) in [5.74, 6) is -3.00. The quantitative estimate of drug-likeness (QED) is 0.0128. The van der Waals surface area contributed by atoms with Crippen LogP contribution in [-0.2, 0) is 66.5 Å². The van der Waals surface area contributed by atoms with Crippen LogP contribution >= 0.6 is 0 Å². The molecule has 5 N–H and O–H groups in total. The van der Waals surface area contributed by atoms with E-state index in [1.165, 1.54) is 83.1 Å². The molecule has 0 spiro atoms. The van der Waals surface area contributed by atoms with E-state index in [9.17, 15) is 61.5 Å². The van der Waals surface area contributed by atoms with Crippen molar-refractivity contribution in [2.75, 3.05) is 52.7 Å². The molecule has 82 heavy (non-hydrogen) atoms. The second kappa shape index (κ2) is 34.7. The van der Waals surface area contributed by atoms with E-state index >= 15 is 0 Å². The van der Waals surface area contributed by atoms with Gasteiger partial charge in [0, 0.05) is 40.9 Å². The van der Waals surface area contributed by atoms with Gasteiger partial charge in [-0.25, -0.2) is 40.7 Å². The lowest BCUT2D eigenvalue weighted by Gasteiger charge is -2.13. The molecule has 2 aromatic heterocycles. The number of esters is 3. The van der Waals surface area contributed by atoms with E-state index in [-0.39, 0.29) is 119 Å². The van der Waals surface area contributed by atoms with Crippen molar-refractivity contribution in [3.8, 4) is 23.9 Å². The van der Waals surface area contributed by atoms with Gasteiger partial charge in [0.2, 0.25) is 31.8 Å². The number of aliphatic hydroxyl groups is 1. The molecule has 0 atom stereocenters. The minimum atomic E-state index is -3.65. The maximum atomic E-state index is 13.0. The monoisotopic (exact) mass is 1180 g/mol. The zero-order valence-corrected chi connectivity index (χ0v) is 48.3. The van der Waals surface area contributed by atoms with Crippen LogP contribution in [0.1, 0.15) is 82.6 Å². The Morgan fingerprint density at radius 2 is 0.963 bits per heavy atom. The summed E-state index contributed by atoms with van der Waals surface area (Å²) < 4.78 is 75.8. The van der Waals surface area contributed by atoms with Crippen LogP contribution in [0.15, 0.2) is 125 Å². The van der Waals surface area contributed by atoms with E-state index in [0.29, 0.717) is 18.8 Å². The maximum Gasteiger partial charge on any atom is 0.340 e. The molecule has 442 valence electrons. The first kappa shape index (κ1) is 69.8. The van der Waals surface area contributed by atoms with Crippen molar-refractivity contribution in [1.82, 2.24) is 18.6 Å². The Hall–Kier alpha value is -8.35. The van der Waals surface area contributed by atoms with Crippen LogP contribution in [0.3, 0.4) is 0 Å². The van der Waals surface area contributed by atoms with Crippen molar-refractivity contribution in [2.24, 2.45) is 20.5 Å². The number of ether oxygens (including phenoxy) is 4. The van der Waals surface area contributed by atoms with Gasteiger partial charge in [-0.15, -0.1) is 10.2 Å². The van der Waals surface area contributed by atoms with Gasteiger partial charge in [-0.1, -0.05) is 46.4 Å². The molecule has 2 aromatic carbocycles. The number of azo groups is 2. The summed E-state index contributed by atoms with van der Waals surface area (Å²) in [6.45, 7) is 21.8. The summed E-state index contributed by atoms with van der Waals surface area (Å²) in [7, 11) is -7.28. The third-order valence-electron chi connectivity index (χ3n) is 10.9. The molecular formula is C54H68N10O16S2. The van der Waals surface area contributed by atoms with E-state index in [0.717, 1.165) is 34.8 Å². The molecule has 0 amide bonds. The van der Waals surface area contributed by atoms with Crippen LogP contribution in [0.2, 0.25) is 0 Å². The Bertz CT molecular complexity index is 3410. The van der Waals surface area contributed by atoms with Crippen molar-refractivity contribution in [3.05, 3.63) is 128 Å². The largest absolute Gasteiger partial charge is 0.493 e. The first-order valence-electron chi connectivity index (χ1n) is 25.2. The highest BCUT2D eigenvalue weighted by Gasteiger charge is 2.22. The molecule has 0 aliphatic heterocycles. The molecule has 26 nitrogen and oxygen atoms in total. The van der Waals surface area contributed by atoms with Crippen LogP contribution < -0.4 is 20.6 Å². The lowest BCUT2D eigenvalue weighted by molar-refractivity contribution is -0.154. The third-order valence-corrected chi connectivity index (χ3v) is 13.8. The summed E-state index contributed by atoms with van der Waals surface area (Å²) in [5, 5.41) is 64.4. The highest BCUT2D eigenvalue weighted by atomic mass is 32.2. The summed E-state index contributed by atoms with van der Waals surface area (Å²) in [5.41, 5.74) is -0.396. The van der Waals surface area contributed by atoms with Crippen LogP contribution in [-0.4, -0.2) is 112 Å². The summed E-state index contributed by atoms with van der Waals surface area (Å²) in [4.78, 5) is 58.7. The number of nitriles is 2. The number of rotatable bonds is 28. The second-order valence-electron chi connectivity index (χ2n) is 17.5. The third kappa shape index (κ3) is 21.6. The average Bonchev–Trinajstić information content (AvgIpc) is 3.64. The molecule has 28 heteroatoms. The highest BCUT2D eigenvalue weighted by molar-refractivity contribution is 7.89. The number of sulfonamides is 2. The van der Waals surface area contributed by atoms with Crippen molar-refractivity contribution in [2.45, 2.75) is 97.0 Å². The zero-order chi connectivity index (χ0) is 61.7. The molecule has 0 radical (unpaired) electrons. The lowest BCUT2D eigenvalue weighted by atomic mass is 10.1. The van der Waals surface area contributed by atoms with Gasteiger partial charge in [-0.05, 0) is 96.0 Å². The topological polar surface area (TPSA) is 382 Å². The van der Waals surface area contributed by atoms with Gasteiger partial charge in [-0.2, -0.15) is 20.8 Å². The lowest BCUT2D eigenvalue weighted by Crippen LogP contribution is -2.24. The van der Waals surface area contributed by atoms with Crippen molar-refractivity contribution < 1.29 is 65.5 Å². The molecule has 0 unspecified atom stereocenters. The number of pyridine rings is 2. The molecule has 0 saturated heterocycles. The standard InChI is InChI=1S/C25H31N5O7S.C21H27N5O6S.C8H10O3/c1-5-6-11-27-38(34,35)20-9-7-19(8-10-20)28-29-22-18(4)21(16-26)23(31)30(24(22)32)12-13-36-14-15-37-25(33)17(2)3;1-3-4-9-23-33(30,31)17-7-5-16(6-8-17)24-25-19-15(2)18(14-22)20(28)26(21(19)29)10-12-32-13-11-27;1-5(2)7(9)11-8(10)6(3)4/h7-10,27,31H,2,5-6,11-15H2,1,3-4H3;5-8,23,27-28H,3-4,9-13H2,1-2H3;1,3H2,2,4H3. The molecule has 4 aromatic rings. The number of carbonyl (C=O) groups is 3. The molecule has 0 fully saturated rings. The predicted octanol–water partition coefficient (Wildman–Crippen LogP) is 6.81. The van der Waals surface area contributed by atoms with Gasteiger partial charge in [0.05, 0.1) is 67.3 Å². The number of hydrogen-bond acceptors (Lipinski definition) is 22. The Balaban J connectivity index is 0.000000476. The van der Waals surface area contributed by atoms with Crippen molar-refractivity contribution in [3.63, 3.8) is 0 Å². The zero-order valence-electron chi connectivity index (χ0n) is 46.7. The number of carbonyl (C=O) groups excluding carboxylic acids is 3. The first-order valence-corrected chi connectivity index (χ1v) is 28.1. The summed E-state index contributed by atoms with van der Waals surface area (Å²) in [6.07, 6.45) is 3.17. The van der Waals surface area contributed by atoms with E-state index in [4.69, 9.17) is 19.3 Å². The maximum absolute atomic E-state index is 13.0. The van der Waals surface area contributed by atoms with E-state index in [2.05, 4.69) is 54.4 Å². The second-order valence-corrected chi connectivity index (χ2v) is 21.0. The first-order chi connectivity index (χ1) is 38.7. The number of nitrogens with zero attached hydrogens (tertiary/aromatic N) is 8. The smallest absolute Gasteiger partial charge is 0.340 e. The van der Waals surface area contributed by atoms with Crippen molar-refractivity contribution >= 4 is 60.7 Å². The van der Waals surface area contributed by atoms with Gasteiger partial charge < -0.3 is 34.3 Å². The fourth-order valence-electron chi connectivity index (χ4n) is 6.22. The molecule has 2 heterocycles. The van der Waals surface area contributed by atoms with Gasteiger partial charge in [0.15, 0.2) is 11.4 Å². The number of unbranched alkanes of at least 4 members (excludes halogenated alkanes) is 2. The number of aliphatic hydroxyl groups excluding tert-OH is 1. The Morgan fingerprint density at radius 1 is 0.598 bits per heavy atom. The SMILES string of the molecule is C=C(C)C(=O)OC(=O)C(=C)C.C=C(C)C(=O)OCCOCCn1c(O)c(C#N)c(C)c(N=Nc2ccc(S(=O)(=O)NCCCC)cc2)c1=O.CCCCNS(=O)(=O)c1ccc(N=Nc2c(C)c(C#N)c(O)n(CCOCCO)c2=O)cc1. The number of benzene rings is 2. The predicted molar refractivity (Wildman–Crippen MR) is 300 cm³/mol. The van der Waals surface area contributed by atoms with Gasteiger partial charge in [0.25, 0.3) is 11.1 Å². The van der Waals surface area contributed by atoms with E-state index in [1.807, 2.05) is 26.0 Å². The van der Waals surface area contributed by atoms with Crippen LogP contribution in [0.4, 0.5) is 22.7 Å². The fraction of sp³-hybridized carbons (Fsp3) is 0.389. The Morgan fingerprint density at radius 3 is 1.29 bits per heavy atom. The minimum absolute atomic E-state index is 0.0156. The molecule has 4 rings (SSSR count). The van der Waals surface area contributed by atoms with Crippen molar-refractivity contribution in [1.29, 1.82) is 10.5 Å². The molecule has 0 bridgehead atoms. The Kier molecular flexibility index (Phi) is 29.5. The normalized spacial score (nSPS) is 11.1. The van der Waals surface area contributed by atoms with Crippen LogP contribution in [0.25, 0.3) is 0 Å². The van der Waals surface area contributed by atoms with Crippen LogP contribution in [0, 0.1) is 36.5 Å². The molecular weight excluding hydrogens is 1110 g/mol.